The van der Waals surface area contributed by atoms with Gasteiger partial charge in [-0.2, -0.15) is 0 Å². The van der Waals surface area contributed by atoms with Gasteiger partial charge in [0.1, 0.15) is 11.8 Å². The molecule has 0 aliphatic heterocycles. The summed E-state index contributed by atoms with van der Waals surface area (Å²) in [5.74, 6) is 0.335. The summed E-state index contributed by atoms with van der Waals surface area (Å²) in [6.45, 7) is 0.430. The molecule has 1 atom stereocenters. The van der Waals surface area contributed by atoms with E-state index in [0.29, 0.717) is 23.7 Å². The Kier molecular flexibility index (Phi) is 8.35. The van der Waals surface area contributed by atoms with Gasteiger partial charge in [0.05, 0.1) is 12.0 Å². The average Bonchev–Trinajstić information content (AvgIpc) is 3.27. The number of benzene rings is 1. The lowest BCUT2D eigenvalue weighted by Gasteiger charge is -2.17. The third kappa shape index (κ3) is 7.24. The normalized spacial score (nSPS) is 11.6. The first-order valence-electron chi connectivity index (χ1n) is 9.48. The van der Waals surface area contributed by atoms with Crippen molar-refractivity contribution in [2.75, 3.05) is 12.3 Å². The predicted molar refractivity (Wildman–Crippen MR) is 117 cm³/mol. The smallest absolute Gasteiger partial charge is 0.243 e. The largest absolute Gasteiger partial charge is 0.469 e. The van der Waals surface area contributed by atoms with E-state index in [1.807, 2.05) is 30.3 Å². The topological polar surface area (TPSA) is 84.2 Å². The standard InChI is InChI=1S/C22H22ClN3O3S/c23-16-6-8-19(9-7-16)30-15-21(27)26-20(14-18-5-3-13-29-18)22(28)25-12-10-17-4-1-2-11-24-17/h1-9,11,13,20H,10,12,14-15H2,(H,25,28)(H,26,27). The molecule has 0 fully saturated rings. The fourth-order valence-corrected chi connectivity index (χ4v) is 3.57. The summed E-state index contributed by atoms with van der Waals surface area (Å²) in [5, 5.41) is 6.33. The zero-order valence-electron chi connectivity index (χ0n) is 16.2. The van der Waals surface area contributed by atoms with E-state index >= 15 is 0 Å². The number of pyridine rings is 1. The van der Waals surface area contributed by atoms with Crippen LogP contribution in [0, 0.1) is 0 Å². The number of rotatable bonds is 10. The molecule has 0 aliphatic rings. The highest BCUT2D eigenvalue weighted by molar-refractivity contribution is 8.00. The second-order valence-corrected chi connectivity index (χ2v) is 7.99. The fourth-order valence-electron chi connectivity index (χ4n) is 2.74. The minimum absolute atomic E-state index is 0.192. The van der Waals surface area contributed by atoms with Crippen LogP contribution in [-0.4, -0.2) is 35.1 Å². The van der Waals surface area contributed by atoms with Crippen molar-refractivity contribution in [1.82, 2.24) is 15.6 Å². The van der Waals surface area contributed by atoms with Gasteiger partial charge in [-0.3, -0.25) is 14.6 Å². The van der Waals surface area contributed by atoms with E-state index < -0.39 is 6.04 Å². The lowest BCUT2D eigenvalue weighted by molar-refractivity contribution is -0.127. The number of nitrogens with one attached hydrogen (secondary N) is 2. The Morgan fingerprint density at radius 3 is 2.63 bits per heavy atom. The minimum atomic E-state index is -0.724. The van der Waals surface area contributed by atoms with Gasteiger partial charge in [0.2, 0.25) is 11.8 Å². The number of carbonyl (C=O) groups excluding carboxylic acids is 2. The molecule has 2 N–H and O–H groups in total. The molecular weight excluding hydrogens is 422 g/mol. The van der Waals surface area contributed by atoms with Crippen molar-refractivity contribution in [1.29, 1.82) is 0 Å². The third-order valence-electron chi connectivity index (χ3n) is 4.23. The predicted octanol–water partition coefficient (Wildman–Crippen LogP) is 3.51. The summed E-state index contributed by atoms with van der Waals surface area (Å²) < 4.78 is 5.35. The zero-order valence-corrected chi connectivity index (χ0v) is 17.8. The number of furan rings is 1. The molecule has 2 amide bonds. The molecule has 156 valence electrons. The summed E-state index contributed by atoms with van der Waals surface area (Å²) in [4.78, 5) is 30.3. The summed E-state index contributed by atoms with van der Waals surface area (Å²) in [5.41, 5.74) is 0.892. The lowest BCUT2D eigenvalue weighted by Crippen LogP contribution is -2.49. The maximum absolute atomic E-state index is 12.7. The Balaban J connectivity index is 1.53. The SMILES string of the molecule is O=C(CSc1ccc(Cl)cc1)NC(Cc1ccco1)C(=O)NCCc1ccccn1. The monoisotopic (exact) mass is 443 g/mol. The van der Waals surface area contributed by atoms with Crippen LogP contribution >= 0.6 is 23.4 Å². The lowest BCUT2D eigenvalue weighted by atomic mass is 10.1. The van der Waals surface area contributed by atoms with E-state index in [4.69, 9.17) is 16.0 Å². The van der Waals surface area contributed by atoms with Gasteiger partial charge in [0.15, 0.2) is 0 Å². The second-order valence-electron chi connectivity index (χ2n) is 6.51. The number of amides is 2. The zero-order chi connectivity index (χ0) is 21.2. The molecule has 0 bridgehead atoms. The maximum atomic E-state index is 12.7. The number of nitrogens with zero attached hydrogens (tertiary/aromatic N) is 1. The summed E-state index contributed by atoms with van der Waals surface area (Å²) in [6, 6.07) is 15.7. The molecule has 0 aliphatic carbocycles. The first kappa shape index (κ1) is 21.9. The van der Waals surface area contributed by atoms with Crippen molar-refractivity contribution in [2.24, 2.45) is 0 Å². The van der Waals surface area contributed by atoms with Crippen molar-refractivity contribution >= 4 is 35.2 Å². The van der Waals surface area contributed by atoms with Gasteiger partial charge in [0, 0.05) is 41.2 Å². The fraction of sp³-hybridized carbons (Fsp3) is 0.227. The molecule has 6 nitrogen and oxygen atoms in total. The number of hydrogen-bond donors (Lipinski definition) is 2. The van der Waals surface area contributed by atoms with Gasteiger partial charge in [0.25, 0.3) is 0 Å². The van der Waals surface area contributed by atoms with Crippen molar-refractivity contribution < 1.29 is 14.0 Å². The minimum Gasteiger partial charge on any atom is -0.469 e. The van der Waals surface area contributed by atoms with Gasteiger partial charge >= 0.3 is 0 Å². The number of carbonyl (C=O) groups is 2. The molecule has 30 heavy (non-hydrogen) atoms. The Morgan fingerprint density at radius 2 is 1.93 bits per heavy atom. The number of hydrogen-bond acceptors (Lipinski definition) is 5. The molecule has 0 saturated carbocycles. The molecule has 0 radical (unpaired) electrons. The molecule has 0 saturated heterocycles. The Labute approximate surface area is 184 Å². The van der Waals surface area contributed by atoms with Crippen LogP contribution in [0.25, 0.3) is 0 Å². The Hall–Kier alpha value is -2.77. The highest BCUT2D eigenvalue weighted by Gasteiger charge is 2.22. The molecular formula is C22H22ClN3O3S. The third-order valence-corrected chi connectivity index (χ3v) is 5.49. The molecule has 2 heterocycles. The van der Waals surface area contributed by atoms with E-state index in [1.54, 1.807) is 36.7 Å². The molecule has 3 aromatic rings. The molecule has 3 rings (SSSR count). The second kappa shape index (κ2) is 11.4. The van der Waals surface area contributed by atoms with Crippen LogP contribution in [0.2, 0.25) is 5.02 Å². The molecule has 1 aromatic carbocycles. The maximum Gasteiger partial charge on any atom is 0.243 e. The van der Waals surface area contributed by atoms with Crippen molar-refractivity contribution in [3.63, 3.8) is 0 Å². The van der Waals surface area contributed by atoms with E-state index in [9.17, 15) is 9.59 Å². The Morgan fingerprint density at radius 1 is 1.10 bits per heavy atom. The average molecular weight is 444 g/mol. The highest BCUT2D eigenvalue weighted by atomic mass is 35.5. The summed E-state index contributed by atoms with van der Waals surface area (Å²) in [6.07, 6.45) is 4.15. The quantitative estimate of drug-likeness (QED) is 0.468. The summed E-state index contributed by atoms with van der Waals surface area (Å²) >= 11 is 7.26. The number of aromatic nitrogens is 1. The Bertz CT molecular complexity index is 934. The van der Waals surface area contributed by atoms with Gasteiger partial charge in [-0.1, -0.05) is 17.7 Å². The first-order valence-corrected chi connectivity index (χ1v) is 10.8. The van der Waals surface area contributed by atoms with E-state index in [1.165, 1.54) is 11.8 Å². The van der Waals surface area contributed by atoms with Crippen LogP contribution in [-0.2, 0) is 22.4 Å². The van der Waals surface area contributed by atoms with E-state index in [2.05, 4.69) is 15.6 Å². The van der Waals surface area contributed by atoms with Crippen LogP contribution < -0.4 is 10.6 Å². The van der Waals surface area contributed by atoms with Crippen LogP contribution in [0.15, 0.2) is 76.4 Å². The molecule has 1 unspecified atom stereocenters. The number of halogens is 1. The van der Waals surface area contributed by atoms with Gasteiger partial charge in [-0.25, -0.2) is 0 Å². The molecule has 2 aromatic heterocycles. The van der Waals surface area contributed by atoms with Crippen molar-refractivity contribution in [2.45, 2.75) is 23.8 Å². The van der Waals surface area contributed by atoms with Gasteiger partial charge < -0.3 is 15.1 Å². The van der Waals surface area contributed by atoms with E-state index in [-0.39, 0.29) is 24.0 Å². The van der Waals surface area contributed by atoms with Gasteiger partial charge in [-0.05, 0) is 48.5 Å². The molecule has 8 heteroatoms. The number of thioether (sulfide) groups is 1. The molecule has 0 spiro atoms. The highest BCUT2D eigenvalue weighted by Crippen LogP contribution is 2.20. The van der Waals surface area contributed by atoms with Crippen LogP contribution in [0.4, 0.5) is 0 Å². The van der Waals surface area contributed by atoms with Crippen molar-refractivity contribution in [3.8, 4) is 0 Å². The van der Waals surface area contributed by atoms with Crippen LogP contribution in [0.3, 0.4) is 0 Å². The first-order chi connectivity index (χ1) is 14.6. The summed E-state index contributed by atoms with van der Waals surface area (Å²) in [7, 11) is 0. The van der Waals surface area contributed by atoms with Gasteiger partial charge in [-0.15, -0.1) is 11.8 Å². The van der Waals surface area contributed by atoms with E-state index in [0.717, 1.165) is 10.6 Å². The van der Waals surface area contributed by atoms with Crippen molar-refractivity contribution in [3.05, 3.63) is 83.5 Å². The van der Waals surface area contributed by atoms with Crippen LogP contribution in [0.1, 0.15) is 11.5 Å². The van der Waals surface area contributed by atoms with Crippen LogP contribution in [0.5, 0.6) is 0 Å².